The molecule has 126 valence electrons. The van der Waals surface area contributed by atoms with Crippen molar-refractivity contribution in [2.75, 3.05) is 7.05 Å². The zero-order chi connectivity index (χ0) is 17.5. The van der Waals surface area contributed by atoms with E-state index in [0.29, 0.717) is 22.4 Å². The summed E-state index contributed by atoms with van der Waals surface area (Å²) >= 11 is 0. The Balaban J connectivity index is 2.02. The van der Waals surface area contributed by atoms with Crippen LogP contribution in [-0.4, -0.2) is 25.4 Å². The van der Waals surface area contributed by atoms with Crippen molar-refractivity contribution in [2.24, 2.45) is 0 Å². The van der Waals surface area contributed by atoms with E-state index in [1.54, 1.807) is 0 Å². The van der Waals surface area contributed by atoms with Gasteiger partial charge in [-0.2, -0.15) is 13.2 Å². The third-order valence-corrected chi connectivity index (χ3v) is 4.93. The van der Waals surface area contributed by atoms with Gasteiger partial charge in [0.05, 0.1) is 21.5 Å². The number of nitrogens with one attached hydrogen (secondary N) is 2. The molecule has 5 nitrogen and oxygen atoms in total. The lowest BCUT2D eigenvalue weighted by Gasteiger charge is -2.06. The Morgan fingerprint density at radius 2 is 1.75 bits per heavy atom. The van der Waals surface area contributed by atoms with Crippen LogP contribution < -0.4 is 4.72 Å². The van der Waals surface area contributed by atoms with Gasteiger partial charge in [0, 0.05) is 5.56 Å². The number of benzene rings is 2. The molecule has 24 heavy (non-hydrogen) atoms. The highest BCUT2D eigenvalue weighted by Gasteiger charge is 2.30. The summed E-state index contributed by atoms with van der Waals surface area (Å²) in [6.45, 7) is 0. The van der Waals surface area contributed by atoms with Gasteiger partial charge in [-0.1, -0.05) is 12.1 Å². The van der Waals surface area contributed by atoms with Crippen LogP contribution in [0, 0.1) is 0 Å². The maximum absolute atomic E-state index is 12.6. The number of hydrogen-bond donors (Lipinski definition) is 2. The van der Waals surface area contributed by atoms with E-state index in [1.165, 1.54) is 37.4 Å². The van der Waals surface area contributed by atoms with Crippen molar-refractivity contribution < 1.29 is 21.6 Å². The van der Waals surface area contributed by atoms with Gasteiger partial charge in [-0.25, -0.2) is 18.1 Å². The van der Waals surface area contributed by atoms with E-state index in [-0.39, 0.29) is 4.90 Å². The first-order valence-corrected chi connectivity index (χ1v) is 8.30. The lowest BCUT2D eigenvalue weighted by molar-refractivity contribution is -0.137. The molecule has 0 bridgehead atoms. The van der Waals surface area contributed by atoms with Crippen LogP contribution in [0.5, 0.6) is 0 Å². The predicted octanol–water partition coefficient (Wildman–Crippen LogP) is 3.16. The van der Waals surface area contributed by atoms with Crippen molar-refractivity contribution in [1.82, 2.24) is 14.7 Å². The molecule has 0 radical (unpaired) electrons. The number of alkyl halides is 3. The molecule has 0 aliphatic rings. The zero-order valence-corrected chi connectivity index (χ0v) is 13.2. The van der Waals surface area contributed by atoms with E-state index in [4.69, 9.17) is 0 Å². The Hall–Kier alpha value is -2.39. The maximum atomic E-state index is 12.6. The number of H-pyrrole nitrogens is 1. The number of aromatic amines is 1. The number of fused-ring (bicyclic) bond motifs is 1. The SMILES string of the molecule is CNS(=O)(=O)c1ccc2nc(-c3ccc(C(F)(F)F)cc3)[nH]c2c1. The second-order valence-electron chi connectivity index (χ2n) is 5.05. The zero-order valence-electron chi connectivity index (χ0n) is 12.3. The Bertz CT molecular complexity index is 993. The van der Waals surface area contributed by atoms with E-state index in [9.17, 15) is 21.6 Å². The summed E-state index contributed by atoms with van der Waals surface area (Å²) in [7, 11) is -2.28. The minimum absolute atomic E-state index is 0.0696. The van der Waals surface area contributed by atoms with E-state index < -0.39 is 21.8 Å². The third kappa shape index (κ3) is 3.00. The number of aromatic nitrogens is 2. The minimum atomic E-state index is -4.40. The van der Waals surface area contributed by atoms with Crippen molar-refractivity contribution in [2.45, 2.75) is 11.1 Å². The summed E-state index contributed by atoms with van der Waals surface area (Å²) in [5, 5.41) is 0. The van der Waals surface area contributed by atoms with Crippen molar-refractivity contribution in [3.63, 3.8) is 0 Å². The van der Waals surface area contributed by atoms with Crippen LogP contribution in [0.2, 0.25) is 0 Å². The average Bonchev–Trinajstić information content (AvgIpc) is 2.97. The molecule has 0 saturated carbocycles. The molecule has 3 aromatic rings. The molecule has 0 saturated heterocycles. The van der Waals surface area contributed by atoms with Crippen molar-refractivity contribution >= 4 is 21.1 Å². The van der Waals surface area contributed by atoms with Crippen molar-refractivity contribution in [3.05, 3.63) is 48.0 Å². The summed E-state index contributed by atoms with van der Waals surface area (Å²) in [6.07, 6.45) is -4.40. The molecule has 0 unspecified atom stereocenters. The Kier molecular flexibility index (Phi) is 3.84. The molecule has 3 rings (SSSR count). The Morgan fingerprint density at radius 3 is 2.33 bits per heavy atom. The molecule has 2 N–H and O–H groups in total. The molecule has 0 aliphatic carbocycles. The molecule has 9 heteroatoms. The Morgan fingerprint density at radius 1 is 1.08 bits per heavy atom. The molecular formula is C15H12F3N3O2S. The van der Waals surface area contributed by atoms with Crippen LogP contribution in [-0.2, 0) is 16.2 Å². The second-order valence-corrected chi connectivity index (χ2v) is 6.93. The quantitative estimate of drug-likeness (QED) is 0.758. The topological polar surface area (TPSA) is 74.8 Å². The minimum Gasteiger partial charge on any atom is -0.338 e. The van der Waals surface area contributed by atoms with E-state index in [2.05, 4.69) is 14.7 Å². The van der Waals surface area contributed by atoms with E-state index in [1.807, 2.05) is 0 Å². The predicted molar refractivity (Wildman–Crippen MR) is 82.8 cm³/mol. The normalized spacial score (nSPS) is 12.7. The van der Waals surface area contributed by atoms with Gasteiger partial charge in [0.1, 0.15) is 5.82 Å². The first-order valence-electron chi connectivity index (χ1n) is 6.82. The summed E-state index contributed by atoms with van der Waals surface area (Å²) in [5.41, 5.74) is 0.711. The number of imidazole rings is 1. The van der Waals surface area contributed by atoms with Gasteiger partial charge in [-0.3, -0.25) is 0 Å². The molecule has 2 aromatic carbocycles. The molecule has 0 spiro atoms. The van der Waals surface area contributed by atoms with Crippen LogP contribution in [0.15, 0.2) is 47.4 Å². The third-order valence-electron chi connectivity index (χ3n) is 3.52. The first-order chi connectivity index (χ1) is 11.2. The number of halogens is 3. The fourth-order valence-electron chi connectivity index (χ4n) is 2.23. The largest absolute Gasteiger partial charge is 0.416 e. The maximum Gasteiger partial charge on any atom is 0.416 e. The molecule has 0 aliphatic heterocycles. The summed E-state index contributed by atoms with van der Waals surface area (Å²) in [4.78, 5) is 7.26. The monoisotopic (exact) mass is 355 g/mol. The van der Waals surface area contributed by atoms with Crippen LogP contribution in [0.3, 0.4) is 0 Å². The highest BCUT2D eigenvalue weighted by atomic mass is 32.2. The van der Waals surface area contributed by atoms with Crippen LogP contribution in [0.1, 0.15) is 5.56 Å². The molecule has 0 atom stereocenters. The molecule has 0 fully saturated rings. The smallest absolute Gasteiger partial charge is 0.338 e. The number of nitrogens with zero attached hydrogens (tertiary/aromatic N) is 1. The highest BCUT2D eigenvalue weighted by Crippen LogP contribution is 2.31. The van der Waals surface area contributed by atoms with Gasteiger partial charge in [0.2, 0.25) is 10.0 Å². The summed E-state index contributed by atoms with van der Waals surface area (Å²) in [6, 6.07) is 8.92. The second kappa shape index (κ2) is 5.60. The number of hydrogen-bond acceptors (Lipinski definition) is 3. The van der Waals surface area contributed by atoms with Crippen LogP contribution in [0.4, 0.5) is 13.2 Å². The lowest BCUT2D eigenvalue weighted by atomic mass is 10.1. The summed E-state index contributed by atoms with van der Waals surface area (Å²) in [5.74, 6) is 0.359. The van der Waals surface area contributed by atoms with Crippen molar-refractivity contribution in [3.8, 4) is 11.4 Å². The van der Waals surface area contributed by atoms with E-state index in [0.717, 1.165) is 12.1 Å². The standard InChI is InChI=1S/C15H12F3N3O2S/c1-19-24(22,23)11-6-7-12-13(8-11)21-14(20-12)9-2-4-10(5-3-9)15(16,17)18/h2-8,19H,1H3,(H,20,21). The van der Waals surface area contributed by atoms with Gasteiger partial charge in [0.15, 0.2) is 0 Å². The molecule has 1 heterocycles. The highest BCUT2D eigenvalue weighted by molar-refractivity contribution is 7.89. The number of sulfonamides is 1. The summed E-state index contributed by atoms with van der Waals surface area (Å²) < 4.78 is 63.6. The number of rotatable bonds is 3. The molecule has 1 aromatic heterocycles. The fourth-order valence-corrected chi connectivity index (χ4v) is 2.98. The first kappa shape index (κ1) is 16.5. The van der Waals surface area contributed by atoms with Gasteiger partial charge in [0.25, 0.3) is 0 Å². The molecule has 0 amide bonds. The van der Waals surface area contributed by atoms with Crippen LogP contribution in [0.25, 0.3) is 22.4 Å². The average molecular weight is 355 g/mol. The van der Waals surface area contributed by atoms with Crippen LogP contribution >= 0.6 is 0 Å². The molecular weight excluding hydrogens is 343 g/mol. The van der Waals surface area contributed by atoms with Gasteiger partial charge in [-0.05, 0) is 37.4 Å². The van der Waals surface area contributed by atoms with Gasteiger partial charge >= 0.3 is 6.18 Å². The van der Waals surface area contributed by atoms with E-state index >= 15 is 0 Å². The van der Waals surface area contributed by atoms with Gasteiger partial charge < -0.3 is 4.98 Å². The van der Waals surface area contributed by atoms with Crippen molar-refractivity contribution in [1.29, 1.82) is 0 Å². The lowest BCUT2D eigenvalue weighted by Crippen LogP contribution is -2.18. The fraction of sp³-hybridized carbons (Fsp3) is 0.133. The van der Waals surface area contributed by atoms with Gasteiger partial charge in [-0.15, -0.1) is 0 Å². The Labute approximate surface area is 135 Å².